The minimum Gasteiger partial charge on any atom is -0.256 e. The van der Waals surface area contributed by atoms with Gasteiger partial charge < -0.3 is 0 Å². The average molecular weight is 237 g/mol. The fourth-order valence-corrected chi connectivity index (χ4v) is 2.10. The van der Waals surface area contributed by atoms with Gasteiger partial charge in [0, 0.05) is 18.0 Å². The Kier molecular flexibility index (Phi) is 2.77. The van der Waals surface area contributed by atoms with Crippen molar-refractivity contribution in [3.8, 4) is 0 Å². The zero-order chi connectivity index (χ0) is 12.4. The van der Waals surface area contributed by atoms with Gasteiger partial charge in [0.05, 0.1) is 5.52 Å². The fraction of sp³-hybridized carbons (Fsp3) is 0.0625. The monoisotopic (exact) mass is 237 g/mol. The highest BCUT2D eigenvalue weighted by atomic mass is 19.1. The lowest BCUT2D eigenvalue weighted by molar-refractivity contribution is 0.614. The van der Waals surface area contributed by atoms with Crippen LogP contribution in [0.1, 0.15) is 11.1 Å². The van der Waals surface area contributed by atoms with Crippen molar-refractivity contribution in [3.05, 3.63) is 77.7 Å². The molecule has 3 aromatic rings. The molecule has 0 bridgehead atoms. The molecule has 1 aromatic heterocycles. The summed E-state index contributed by atoms with van der Waals surface area (Å²) in [4.78, 5) is 4.27. The first-order chi connectivity index (χ1) is 8.83. The van der Waals surface area contributed by atoms with E-state index in [9.17, 15) is 4.39 Å². The maximum absolute atomic E-state index is 13.6. The maximum Gasteiger partial charge on any atom is 0.126 e. The third kappa shape index (κ3) is 2.09. The highest BCUT2D eigenvalue weighted by molar-refractivity contribution is 5.79. The zero-order valence-electron chi connectivity index (χ0n) is 9.81. The molecule has 0 fully saturated rings. The maximum atomic E-state index is 13.6. The van der Waals surface area contributed by atoms with E-state index in [2.05, 4.69) is 11.1 Å². The van der Waals surface area contributed by atoms with Crippen LogP contribution in [0.3, 0.4) is 0 Å². The molecule has 0 aliphatic carbocycles. The molecule has 0 saturated heterocycles. The highest BCUT2D eigenvalue weighted by Crippen LogP contribution is 2.17. The summed E-state index contributed by atoms with van der Waals surface area (Å²) in [5, 5.41) is 1.09. The summed E-state index contributed by atoms with van der Waals surface area (Å²) >= 11 is 0. The minimum absolute atomic E-state index is 0.149. The lowest BCUT2D eigenvalue weighted by Crippen LogP contribution is -1.92. The first-order valence-corrected chi connectivity index (χ1v) is 5.90. The van der Waals surface area contributed by atoms with Gasteiger partial charge in [0.1, 0.15) is 5.82 Å². The summed E-state index contributed by atoms with van der Waals surface area (Å²) in [5.74, 6) is -0.149. The van der Waals surface area contributed by atoms with E-state index in [-0.39, 0.29) is 5.82 Å². The summed E-state index contributed by atoms with van der Waals surface area (Å²) in [6.45, 7) is 0. The molecule has 0 amide bonds. The van der Waals surface area contributed by atoms with Gasteiger partial charge in [0.15, 0.2) is 0 Å². The predicted octanol–water partition coefficient (Wildman–Crippen LogP) is 3.96. The van der Waals surface area contributed by atoms with Crippen molar-refractivity contribution in [1.82, 2.24) is 4.98 Å². The Morgan fingerprint density at radius 3 is 2.72 bits per heavy atom. The van der Waals surface area contributed by atoms with Crippen LogP contribution in [-0.2, 0) is 6.42 Å². The van der Waals surface area contributed by atoms with Crippen LogP contribution in [0.5, 0.6) is 0 Å². The van der Waals surface area contributed by atoms with Crippen molar-refractivity contribution >= 4 is 10.9 Å². The van der Waals surface area contributed by atoms with Gasteiger partial charge in [-0.2, -0.15) is 0 Å². The van der Waals surface area contributed by atoms with Gasteiger partial charge in [-0.05, 0) is 35.4 Å². The Morgan fingerprint density at radius 1 is 0.944 bits per heavy atom. The second-order valence-corrected chi connectivity index (χ2v) is 4.30. The van der Waals surface area contributed by atoms with Gasteiger partial charge in [-0.25, -0.2) is 4.39 Å². The second kappa shape index (κ2) is 4.57. The summed E-state index contributed by atoms with van der Waals surface area (Å²) in [6.07, 6.45) is 2.39. The van der Waals surface area contributed by atoms with E-state index in [0.29, 0.717) is 6.42 Å². The van der Waals surface area contributed by atoms with E-state index in [1.165, 1.54) is 6.07 Å². The van der Waals surface area contributed by atoms with Gasteiger partial charge in [-0.15, -0.1) is 0 Å². The number of hydrogen-bond acceptors (Lipinski definition) is 1. The number of rotatable bonds is 2. The quantitative estimate of drug-likeness (QED) is 0.657. The number of aromatic nitrogens is 1. The van der Waals surface area contributed by atoms with E-state index >= 15 is 0 Å². The Labute approximate surface area is 105 Å². The Bertz CT molecular complexity index is 691. The van der Waals surface area contributed by atoms with Crippen LogP contribution in [0, 0.1) is 5.82 Å². The lowest BCUT2D eigenvalue weighted by Gasteiger charge is -2.04. The van der Waals surface area contributed by atoms with Gasteiger partial charge >= 0.3 is 0 Å². The zero-order valence-corrected chi connectivity index (χ0v) is 9.81. The summed E-state index contributed by atoms with van der Waals surface area (Å²) < 4.78 is 13.6. The smallest absolute Gasteiger partial charge is 0.126 e. The SMILES string of the molecule is Fc1ccccc1Cc1ccc2ncccc2c1. The molecule has 0 spiro atoms. The van der Waals surface area contributed by atoms with Crippen molar-refractivity contribution in [1.29, 1.82) is 0 Å². The molecule has 0 radical (unpaired) electrons. The van der Waals surface area contributed by atoms with Gasteiger partial charge in [0.2, 0.25) is 0 Å². The van der Waals surface area contributed by atoms with Crippen molar-refractivity contribution < 1.29 is 4.39 Å². The van der Waals surface area contributed by atoms with E-state index in [0.717, 1.165) is 22.0 Å². The molecule has 0 unspecified atom stereocenters. The number of hydrogen-bond donors (Lipinski definition) is 0. The molecule has 18 heavy (non-hydrogen) atoms. The molecule has 0 aliphatic heterocycles. The van der Waals surface area contributed by atoms with Crippen LogP contribution < -0.4 is 0 Å². The molecule has 0 N–H and O–H groups in total. The standard InChI is InChI=1S/C16H12FN/c17-15-6-2-1-4-13(15)10-12-7-8-16-14(11-12)5-3-9-18-16/h1-9,11H,10H2. The third-order valence-electron chi connectivity index (χ3n) is 3.02. The number of fused-ring (bicyclic) bond motifs is 1. The molecule has 88 valence electrons. The molecule has 3 rings (SSSR count). The van der Waals surface area contributed by atoms with Gasteiger partial charge in [-0.1, -0.05) is 30.3 Å². The molecule has 2 aromatic carbocycles. The number of nitrogens with zero attached hydrogens (tertiary/aromatic N) is 1. The van der Waals surface area contributed by atoms with Crippen LogP contribution in [0.15, 0.2) is 60.8 Å². The van der Waals surface area contributed by atoms with Crippen LogP contribution in [0.25, 0.3) is 10.9 Å². The third-order valence-corrected chi connectivity index (χ3v) is 3.02. The Hall–Kier alpha value is -2.22. The Morgan fingerprint density at radius 2 is 1.83 bits per heavy atom. The van der Waals surface area contributed by atoms with Crippen molar-refractivity contribution in [2.24, 2.45) is 0 Å². The average Bonchev–Trinajstić information content (AvgIpc) is 2.41. The van der Waals surface area contributed by atoms with Crippen molar-refractivity contribution in [2.45, 2.75) is 6.42 Å². The van der Waals surface area contributed by atoms with Crippen LogP contribution in [0.4, 0.5) is 4.39 Å². The van der Waals surface area contributed by atoms with Crippen molar-refractivity contribution in [2.75, 3.05) is 0 Å². The van der Waals surface area contributed by atoms with Gasteiger partial charge in [0.25, 0.3) is 0 Å². The van der Waals surface area contributed by atoms with Crippen molar-refractivity contribution in [3.63, 3.8) is 0 Å². The predicted molar refractivity (Wildman–Crippen MR) is 70.9 cm³/mol. The topological polar surface area (TPSA) is 12.9 Å². The molecular formula is C16H12FN. The first-order valence-electron chi connectivity index (χ1n) is 5.90. The number of benzene rings is 2. The molecule has 0 aliphatic rings. The summed E-state index contributed by atoms with van der Waals surface area (Å²) in [6, 6.07) is 16.9. The summed E-state index contributed by atoms with van der Waals surface area (Å²) in [5.41, 5.74) is 2.79. The van der Waals surface area contributed by atoms with Gasteiger partial charge in [-0.3, -0.25) is 4.98 Å². The molecule has 2 heteroatoms. The molecule has 1 nitrogen and oxygen atoms in total. The number of halogens is 1. The molecular weight excluding hydrogens is 225 g/mol. The fourth-order valence-electron chi connectivity index (χ4n) is 2.10. The Balaban J connectivity index is 1.98. The molecule has 1 heterocycles. The summed E-state index contributed by atoms with van der Waals surface area (Å²) in [7, 11) is 0. The van der Waals surface area contributed by atoms with E-state index in [1.54, 1.807) is 12.3 Å². The minimum atomic E-state index is -0.149. The van der Waals surface area contributed by atoms with E-state index in [4.69, 9.17) is 0 Å². The first kappa shape index (κ1) is 10.9. The van der Waals surface area contributed by atoms with Crippen LogP contribution >= 0.6 is 0 Å². The highest BCUT2D eigenvalue weighted by Gasteiger charge is 2.03. The van der Waals surface area contributed by atoms with E-state index < -0.39 is 0 Å². The number of pyridine rings is 1. The van der Waals surface area contributed by atoms with Crippen LogP contribution in [0.2, 0.25) is 0 Å². The molecule has 0 saturated carbocycles. The molecule has 0 atom stereocenters. The van der Waals surface area contributed by atoms with E-state index in [1.807, 2.05) is 36.4 Å². The second-order valence-electron chi connectivity index (χ2n) is 4.30. The normalized spacial score (nSPS) is 10.7. The lowest BCUT2D eigenvalue weighted by atomic mass is 10.0. The van der Waals surface area contributed by atoms with Crippen LogP contribution in [-0.4, -0.2) is 4.98 Å². The largest absolute Gasteiger partial charge is 0.256 e.